The first-order valence-corrected chi connectivity index (χ1v) is 12.9. The minimum Gasteiger partial charge on any atom is -0.370 e. The molecule has 202 valence electrons. The predicted molar refractivity (Wildman–Crippen MR) is 152 cm³/mol. The molecule has 0 aliphatic carbocycles. The fourth-order valence-corrected chi connectivity index (χ4v) is 5.28. The van der Waals surface area contributed by atoms with Crippen LogP contribution in [0.4, 0.5) is 5.69 Å². The highest BCUT2D eigenvalue weighted by molar-refractivity contribution is 5.91. The fourth-order valence-electron chi connectivity index (χ4n) is 5.28. The molecule has 2 aromatic carbocycles. The van der Waals surface area contributed by atoms with Crippen molar-refractivity contribution in [2.24, 2.45) is 11.7 Å². The Kier molecular flexibility index (Phi) is 8.60. The smallest absolute Gasteiger partial charge is 0.276 e. The van der Waals surface area contributed by atoms with E-state index in [1.807, 2.05) is 60.7 Å². The number of amides is 2. The topological polar surface area (TPSA) is 133 Å². The Morgan fingerprint density at radius 2 is 1.72 bits per heavy atom. The third-order valence-electron chi connectivity index (χ3n) is 7.31. The predicted octanol–water partition coefficient (Wildman–Crippen LogP) is 3.68. The van der Waals surface area contributed by atoms with Gasteiger partial charge in [-0.05, 0) is 43.0 Å². The normalized spacial score (nSPS) is 16.9. The first kappa shape index (κ1) is 27.4. The number of rotatable bonds is 9. The number of likely N-dealkylation sites (tertiary alicyclic amines) is 1. The van der Waals surface area contributed by atoms with Gasteiger partial charge in [-0.25, -0.2) is 0 Å². The van der Waals surface area contributed by atoms with Gasteiger partial charge in [0.25, 0.3) is 5.56 Å². The lowest BCUT2D eigenvalue weighted by atomic mass is 9.88. The summed E-state index contributed by atoms with van der Waals surface area (Å²) in [4.78, 5) is 39.7. The van der Waals surface area contributed by atoms with Crippen molar-refractivity contribution in [3.8, 4) is 0 Å². The standard InChI is InChI=1S/C30H34N6O3/c1-20-13-14-26(29(39)36(20)28-17-24(21(2)33-19-37)15-16-35(28)30(31)32)34-27(38)18-25(22-9-5-3-6-10-22)23-11-7-4-8-12-23/h3-14,19,24-25,28H,2,15-18H2,1H3,(H3,31,32)(H,33,37)(H,34,38). The Labute approximate surface area is 227 Å². The summed E-state index contributed by atoms with van der Waals surface area (Å²) in [5.74, 6) is -0.711. The number of hydrogen-bond donors (Lipinski definition) is 4. The zero-order valence-electron chi connectivity index (χ0n) is 22.0. The molecule has 0 spiro atoms. The highest BCUT2D eigenvalue weighted by Crippen LogP contribution is 2.33. The first-order chi connectivity index (χ1) is 18.8. The number of carbonyl (C=O) groups excluding carboxylic acids is 2. The Bertz CT molecular complexity index is 1360. The second-order valence-corrected chi connectivity index (χ2v) is 9.76. The van der Waals surface area contributed by atoms with Gasteiger partial charge in [-0.15, -0.1) is 0 Å². The number of nitrogens with one attached hydrogen (secondary N) is 3. The van der Waals surface area contributed by atoms with Crippen LogP contribution >= 0.6 is 0 Å². The van der Waals surface area contributed by atoms with Crippen molar-refractivity contribution in [3.63, 3.8) is 0 Å². The minimum atomic E-state index is -0.572. The lowest BCUT2D eigenvalue weighted by Gasteiger charge is -2.41. The maximum Gasteiger partial charge on any atom is 0.276 e. The summed E-state index contributed by atoms with van der Waals surface area (Å²) in [6.07, 6.45) is 1.21. The van der Waals surface area contributed by atoms with E-state index in [1.54, 1.807) is 28.5 Å². The number of anilines is 1. The van der Waals surface area contributed by atoms with E-state index in [2.05, 4.69) is 17.2 Å². The summed E-state index contributed by atoms with van der Waals surface area (Å²) in [7, 11) is 0. The van der Waals surface area contributed by atoms with Gasteiger partial charge in [0, 0.05) is 36.2 Å². The van der Waals surface area contributed by atoms with Crippen molar-refractivity contribution >= 4 is 24.0 Å². The van der Waals surface area contributed by atoms with E-state index >= 15 is 0 Å². The largest absolute Gasteiger partial charge is 0.370 e. The van der Waals surface area contributed by atoms with Gasteiger partial charge in [-0.1, -0.05) is 67.2 Å². The molecule has 2 atom stereocenters. The van der Waals surface area contributed by atoms with E-state index in [1.165, 1.54) is 0 Å². The maximum absolute atomic E-state index is 13.7. The molecule has 4 rings (SSSR count). The Hall–Kier alpha value is -4.66. The summed E-state index contributed by atoms with van der Waals surface area (Å²) in [6.45, 7) is 6.17. The zero-order chi connectivity index (χ0) is 27.9. The van der Waals surface area contributed by atoms with Gasteiger partial charge in [-0.2, -0.15) is 0 Å². The highest BCUT2D eigenvalue weighted by Gasteiger charge is 2.33. The summed E-state index contributed by atoms with van der Waals surface area (Å²) < 4.78 is 1.56. The number of piperidine rings is 1. The van der Waals surface area contributed by atoms with Crippen LogP contribution in [-0.4, -0.2) is 34.3 Å². The summed E-state index contributed by atoms with van der Waals surface area (Å²) in [6, 6.07) is 23.0. The van der Waals surface area contributed by atoms with Crippen LogP contribution in [-0.2, 0) is 9.59 Å². The van der Waals surface area contributed by atoms with E-state index in [-0.39, 0.29) is 41.4 Å². The highest BCUT2D eigenvalue weighted by atomic mass is 16.2. The molecule has 3 aromatic rings. The van der Waals surface area contributed by atoms with Gasteiger partial charge in [-0.3, -0.25) is 24.4 Å². The van der Waals surface area contributed by atoms with Gasteiger partial charge < -0.3 is 21.3 Å². The van der Waals surface area contributed by atoms with Crippen molar-refractivity contribution in [1.29, 1.82) is 5.41 Å². The number of benzene rings is 2. The van der Waals surface area contributed by atoms with Gasteiger partial charge in [0.1, 0.15) is 11.9 Å². The number of carbonyl (C=O) groups is 2. The quantitative estimate of drug-likeness (QED) is 0.192. The van der Waals surface area contributed by atoms with Crippen LogP contribution in [0, 0.1) is 18.3 Å². The van der Waals surface area contributed by atoms with Crippen LogP contribution in [0.2, 0.25) is 0 Å². The average Bonchev–Trinajstić information content (AvgIpc) is 2.94. The van der Waals surface area contributed by atoms with E-state index in [4.69, 9.17) is 11.1 Å². The molecule has 39 heavy (non-hydrogen) atoms. The second-order valence-electron chi connectivity index (χ2n) is 9.76. The van der Waals surface area contributed by atoms with Gasteiger partial charge >= 0.3 is 0 Å². The van der Waals surface area contributed by atoms with Crippen molar-refractivity contribution in [2.75, 3.05) is 11.9 Å². The molecule has 1 fully saturated rings. The molecule has 0 saturated carbocycles. The molecule has 0 radical (unpaired) electrons. The molecule has 1 aliphatic rings. The van der Waals surface area contributed by atoms with Crippen LogP contribution in [0.3, 0.4) is 0 Å². The number of pyridine rings is 1. The lowest BCUT2D eigenvalue weighted by molar-refractivity contribution is -0.116. The number of guanidine groups is 1. The molecule has 9 heteroatoms. The van der Waals surface area contributed by atoms with Crippen LogP contribution in [0.25, 0.3) is 0 Å². The van der Waals surface area contributed by atoms with Gasteiger partial charge in [0.2, 0.25) is 12.3 Å². The van der Waals surface area contributed by atoms with Crippen molar-refractivity contribution in [2.45, 2.75) is 38.3 Å². The average molecular weight is 527 g/mol. The van der Waals surface area contributed by atoms with Crippen LogP contribution in [0.5, 0.6) is 0 Å². The summed E-state index contributed by atoms with van der Waals surface area (Å²) in [5, 5.41) is 13.5. The number of nitrogens with two attached hydrogens (primary N) is 1. The molecule has 1 aliphatic heterocycles. The van der Waals surface area contributed by atoms with Crippen molar-refractivity contribution < 1.29 is 9.59 Å². The monoisotopic (exact) mass is 526 g/mol. The first-order valence-electron chi connectivity index (χ1n) is 12.9. The van der Waals surface area contributed by atoms with Crippen LogP contribution in [0.1, 0.15) is 48.2 Å². The molecule has 5 N–H and O–H groups in total. The fraction of sp³-hybridized carbons (Fsp3) is 0.267. The Balaban J connectivity index is 1.62. The summed E-state index contributed by atoms with van der Waals surface area (Å²) in [5.41, 5.74) is 8.90. The number of allylic oxidation sites excluding steroid dienone is 1. The molecule has 2 amide bonds. The van der Waals surface area contributed by atoms with Crippen molar-refractivity contribution in [1.82, 2.24) is 14.8 Å². The lowest BCUT2D eigenvalue weighted by Crippen LogP contribution is -2.50. The van der Waals surface area contributed by atoms with Crippen LogP contribution in [0.15, 0.2) is 89.9 Å². The molecule has 2 unspecified atom stereocenters. The summed E-state index contributed by atoms with van der Waals surface area (Å²) >= 11 is 0. The van der Waals surface area contributed by atoms with Crippen LogP contribution < -0.4 is 21.9 Å². The third kappa shape index (κ3) is 6.26. The zero-order valence-corrected chi connectivity index (χ0v) is 22.0. The Morgan fingerprint density at radius 3 is 2.28 bits per heavy atom. The molecular weight excluding hydrogens is 492 g/mol. The SMILES string of the molecule is C=C(NC=O)C1CCN(C(=N)N)C(n2c(C)ccc(NC(=O)CC(c3ccccc3)c3ccccc3)c2=O)C1. The Morgan fingerprint density at radius 1 is 1.10 bits per heavy atom. The third-order valence-corrected chi connectivity index (χ3v) is 7.31. The van der Waals surface area contributed by atoms with Crippen molar-refractivity contribution in [3.05, 3.63) is 112 Å². The maximum atomic E-state index is 13.7. The molecule has 0 bridgehead atoms. The molecule has 9 nitrogen and oxygen atoms in total. The minimum absolute atomic E-state index is 0.0992. The van der Waals surface area contributed by atoms with E-state index in [9.17, 15) is 14.4 Å². The molecular formula is C30H34N6O3. The van der Waals surface area contributed by atoms with Gasteiger partial charge in [0.05, 0.1) is 0 Å². The number of aryl methyl sites for hydroxylation is 1. The number of hydrogen-bond acceptors (Lipinski definition) is 4. The van der Waals surface area contributed by atoms with E-state index < -0.39 is 6.17 Å². The molecule has 1 saturated heterocycles. The van der Waals surface area contributed by atoms with Gasteiger partial charge in [0.15, 0.2) is 5.96 Å². The van der Waals surface area contributed by atoms with E-state index in [0.717, 1.165) is 11.1 Å². The number of nitrogens with zero attached hydrogens (tertiary/aromatic N) is 2. The molecule has 1 aromatic heterocycles. The van der Waals surface area contributed by atoms with E-state index in [0.29, 0.717) is 37.2 Å². The number of aromatic nitrogens is 1. The molecule has 2 heterocycles. The second kappa shape index (κ2) is 12.3.